The van der Waals surface area contributed by atoms with Crippen LogP contribution >= 0.6 is 0 Å². The van der Waals surface area contributed by atoms with E-state index in [9.17, 15) is 9.59 Å². The van der Waals surface area contributed by atoms with Crippen LogP contribution in [-0.2, 0) is 9.53 Å². The second-order valence-corrected chi connectivity index (χ2v) is 5.10. The first-order valence-corrected chi connectivity index (χ1v) is 7.52. The largest absolute Gasteiger partial charge is 0.450 e. The molecule has 1 atom stereocenters. The molecule has 3 N–H and O–H groups in total. The maximum absolute atomic E-state index is 12.1. The third-order valence-electron chi connectivity index (χ3n) is 3.06. The summed E-state index contributed by atoms with van der Waals surface area (Å²) in [7, 11) is 0. The monoisotopic (exact) mass is 332 g/mol. The quantitative estimate of drug-likeness (QED) is 0.751. The highest BCUT2D eigenvalue weighted by Crippen LogP contribution is 2.15. The van der Waals surface area contributed by atoms with Gasteiger partial charge in [-0.3, -0.25) is 10.1 Å². The van der Waals surface area contributed by atoms with Crippen LogP contribution in [0.1, 0.15) is 19.6 Å². The lowest BCUT2D eigenvalue weighted by molar-refractivity contribution is -0.116. The second-order valence-electron chi connectivity index (χ2n) is 5.10. The summed E-state index contributed by atoms with van der Waals surface area (Å²) in [5.74, 6) is 0.757. The van der Waals surface area contributed by atoms with Gasteiger partial charge in [-0.1, -0.05) is 5.16 Å². The molecule has 8 heteroatoms. The number of carbonyl (C=O) groups excluding carboxylic acids is 2. The Kier molecular flexibility index (Phi) is 5.78. The van der Waals surface area contributed by atoms with Crippen molar-refractivity contribution < 1.29 is 18.8 Å². The minimum Gasteiger partial charge on any atom is -0.450 e. The average Bonchev–Trinajstić information content (AvgIpc) is 2.94. The van der Waals surface area contributed by atoms with Crippen molar-refractivity contribution in [3.63, 3.8) is 0 Å². The molecular weight excluding hydrogens is 312 g/mol. The number of aryl methyl sites for hydroxylation is 1. The first kappa shape index (κ1) is 17.3. The van der Waals surface area contributed by atoms with E-state index in [1.165, 1.54) is 0 Å². The van der Waals surface area contributed by atoms with Gasteiger partial charge in [-0.05, 0) is 45.0 Å². The predicted molar refractivity (Wildman–Crippen MR) is 90.0 cm³/mol. The molecule has 1 aromatic carbocycles. The number of rotatable bonds is 6. The van der Waals surface area contributed by atoms with Crippen LogP contribution in [-0.4, -0.2) is 29.8 Å². The molecule has 1 aromatic heterocycles. The molecule has 0 aliphatic rings. The highest BCUT2D eigenvalue weighted by molar-refractivity contribution is 5.95. The molecule has 0 saturated carbocycles. The SMILES string of the molecule is CCOC(=O)Nc1ccc(NC(C)C(=O)Nc2cc(C)on2)cc1. The van der Waals surface area contributed by atoms with Gasteiger partial charge in [-0.2, -0.15) is 0 Å². The van der Waals surface area contributed by atoms with Crippen LogP contribution in [0.5, 0.6) is 0 Å². The van der Waals surface area contributed by atoms with Crippen molar-refractivity contribution in [1.29, 1.82) is 0 Å². The van der Waals surface area contributed by atoms with Gasteiger partial charge >= 0.3 is 6.09 Å². The fourth-order valence-electron chi connectivity index (χ4n) is 1.91. The predicted octanol–water partition coefficient (Wildman–Crippen LogP) is 2.99. The van der Waals surface area contributed by atoms with E-state index in [0.717, 1.165) is 5.69 Å². The summed E-state index contributed by atoms with van der Waals surface area (Å²) in [6.45, 7) is 5.52. The van der Waals surface area contributed by atoms with Crippen molar-refractivity contribution >= 4 is 29.2 Å². The van der Waals surface area contributed by atoms with E-state index in [1.54, 1.807) is 51.1 Å². The Bertz CT molecular complexity index is 696. The molecule has 2 aromatic rings. The molecule has 2 rings (SSSR count). The van der Waals surface area contributed by atoms with Crippen molar-refractivity contribution in [2.24, 2.45) is 0 Å². The van der Waals surface area contributed by atoms with Gasteiger partial charge in [0, 0.05) is 17.4 Å². The number of carbonyl (C=O) groups is 2. The maximum Gasteiger partial charge on any atom is 0.411 e. The van der Waals surface area contributed by atoms with Crippen molar-refractivity contribution in [2.45, 2.75) is 26.8 Å². The lowest BCUT2D eigenvalue weighted by Crippen LogP contribution is -2.31. The van der Waals surface area contributed by atoms with Gasteiger partial charge in [0.15, 0.2) is 5.82 Å². The number of benzene rings is 1. The fourth-order valence-corrected chi connectivity index (χ4v) is 1.91. The summed E-state index contributed by atoms with van der Waals surface area (Å²) in [6.07, 6.45) is -0.506. The van der Waals surface area contributed by atoms with Crippen molar-refractivity contribution in [2.75, 3.05) is 22.6 Å². The number of hydrogen-bond donors (Lipinski definition) is 3. The van der Waals surface area contributed by atoms with Crippen LogP contribution in [0.2, 0.25) is 0 Å². The minimum absolute atomic E-state index is 0.239. The molecule has 0 saturated heterocycles. The van der Waals surface area contributed by atoms with Crippen molar-refractivity contribution in [1.82, 2.24) is 5.16 Å². The number of anilines is 3. The Hall–Kier alpha value is -3.03. The molecule has 0 radical (unpaired) electrons. The number of amides is 2. The first-order chi connectivity index (χ1) is 11.5. The summed E-state index contributed by atoms with van der Waals surface area (Å²) >= 11 is 0. The lowest BCUT2D eigenvalue weighted by Gasteiger charge is -2.14. The van der Waals surface area contributed by atoms with Crippen LogP contribution in [0.15, 0.2) is 34.9 Å². The van der Waals surface area contributed by atoms with Crippen LogP contribution in [0.3, 0.4) is 0 Å². The third kappa shape index (κ3) is 5.01. The molecule has 8 nitrogen and oxygen atoms in total. The normalized spacial score (nSPS) is 11.5. The summed E-state index contributed by atoms with van der Waals surface area (Å²) < 4.78 is 9.69. The number of nitrogens with one attached hydrogen (secondary N) is 3. The number of ether oxygens (including phenoxy) is 1. The third-order valence-corrected chi connectivity index (χ3v) is 3.06. The second kappa shape index (κ2) is 8.00. The van der Waals surface area contributed by atoms with Crippen molar-refractivity contribution in [3.8, 4) is 0 Å². The van der Waals surface area contributed by atoms with Gasteiger partial charge in [0.05, 0.1) is 6.61 Å². The molecule has 2 amide bonds. The summed E-state index contributed by atoms with van der Waals surface area (Å²) in [5, 5.41) is 12.0. The summed E-state index contributed by atoms with van der Waals surface area (Å²) in [6, 6.07) is 8.10. The van der Waals surface area contributed by atoms with E-state index in [2.05, 4.69) is 21.1 Å². The number of hydrogen-bond acceptors (Lipinski definition) is 6. The standard InChI is InChI=1S/C16H20N4O4/c1-4-23-16(22)18-13-7-5-12(6-8-13)17-11(3)15(21)19-14-9-10(2)24-20-14/h5-9,11,17H,4H2,1-3H3,(H,18,22)(H,19,20,21). The van der Waals surface area contributed by atoms with Gasteiger partial charge in [0.25, 0.3) is 0 Å². The van der Waals surface area contributed by atoms with Crippen LogP contribution in [0.4, 0.5) is 22.0 Å². The Morgan fingerprint density at radius 2 is 1.88 bits per heavy atom. The van der Waals surface area contributed by atoms with E-state index < -0.39 is 12.1 Å². The van der Waals surface area contributed by atoms with E-state index in [1.807, 2.05) is 0 Å². The zero-order valence-corrected chi connectivity index (χ0v) is 13.8. The van der Waals surface area contributed by atoms with Gasteiger partial charge in [0.2, 0.25) is 5.91 Å². The molecule has 1 unspecified atom stereocenters. The molecule has 24 heavy (non-hydrogen) atoms. The van der Waals surface area contributed by atoms with Crippen LogP contribution < -0.4 is 16.0 Å². The Morgan fingerprint density at radius 1 is 1.21 bits per heavy atom. The molecule has 0 bridgehead atoms. The first-order valence-electron chi connectivity index (χ1n) is 7.52. The lowest BCUT2D eigenvalue weighted by atomic mass is 10.2. The van der Waals surface area contributed by atoms with Gasteiger partial charge in [-0.25, -0.2) is 4.79 Å². The Labute approximate surface area is 139 Å². The molecular formula is C16H20N4O4. The topological polar surface area (TPSA) is 105 Å². The van der Waals surface area contributed by atoms with Crippen LogP contribution in [0.25, 0.3) is 0 Å². The van der Waals surface area contributed by atoms with E-state index in [0.29, 0.717) is 23.9 Å². The van der Waals surface area contributed by atoms with E-state index in [4.69, 9.17) is 9.26 Å². The summed E-state index contributed by atoms with van der Waals surface area (Å²) in [4.78, 5) is 23.4. The zero-order chi connectivity index (χ0) is 17.5. The molecule has 0 spiro atoms. The van der Waals surface area contributed by atoms with Gasteiger partial charge in [-0.15, -0.1) is 0 Å². The van der Waals surface area contributed by atoms with E-state index in [-0.39, 0.29) is 5.91 Å². The Balaban J connectivity index is 1.88. The van der Waals surface area contributed by atoms with Crippen LogP contribution in [0, 0.1) is 6.92 Å². The smallest absolute Gasteiger partial charge is 0.411 e. The van der Waals surface area contributed by atoms with E-state index >= 15 is 0 Å². The molecule has 128 valence electrons. The minimum atomic E-state index is -0.506. The molecule has 0 aliphatic carbocycles. The highest BCUT2D eigenvalue weighted by atomic mass is 16.5. The number of aromatic nitrogens is 1. The zero-order valence-electron chi connectivity index (χ0n) is 13.8. The molecule has 0 aliphatic heterocycles. The fraction of sp³-hybridized carbons (Fsp3) is 0.312. The number of nitrogens with zero attached hydrogens (tertiary/aromatic N) is 1. The Morgan fingerprint density at radius 3 is 2.46 bits per heavy atom. The molecule has 1 heterocycles. The maximum atomic E-state index is 12.1. The molecule has 0 fully saturated rings. The summed E-state index contributed by atoms with van der Waals surface area (Å²) in [5.41, 5.74) is 1.34. The van der Waals surface area contributed by atoms with Gasteiger partial charge < -0.3 is 19.9 Å². The average molecular weight is 332 g/mol. The highest BCUT2D eigenvalue weighted by Gasteiger charge is 2.14. The van der Waals surface area contributed by atoms with Crippen molar-refractivity contribution in [3.05, 3.63) is 36.1 Å². The van der Waals surface area contributed by atoms with Gasteiger partial charge in [0.1, 0.15) is 11.8 Å².